The summed E-state index contributed by atoms with van der Waals surface area (Å²) in [6.45, 7) is 99.7. The third kappa shape index (κ3) is 10.9. The van der Waals surface area contributed by atoms with Crippen LogP contribution < -0.4 is 19.6 Å². The summed E-state index contributed by atoms with van der Waals surface area (Å²) in [7, 11) is 0. The van der Waals surface area contributed by atoms with Gasteiger partial charge in [0.2, 0.25) is 0 Å². The van der Waals surface area contributed by atoms with Crippen LogP contribution in [0.1, 0.15) is 234 Å². The van der Waals surface area contributed by atoms with Crippen molar-refractivity contribution in [2.45, 2.75) is 291 Å². The van der Waals surface area contributed by atoms with Gasteiger partial charge in [-0.2, -0.15) is 0 Å². The Bertz CT molecular complexity index is 4340. The Morgan fingerprint density at radius 3 is 0.170 bits per heavy atom. The van der Waals surface area contributed by atoms with Crippen LogP contribution in [-0.4, -0.2) is 0 Å². The van der Waals surface area contributed by atoms with Gasteiger partial charge < -0.3 is 19.6 Å². The van der Waals surface area contributed by atoms with Crippen molar-refractivity contribution in [3.05, 3.63) is 234 Å². The summed E-state index contributed by atoms with van der Waals surface area (Å²) in [4.78, 5) is 11.0. The largest absolute Gasteiger partial charge is 0.309 e. The van der Waals surface area contributed by atoms with Gasteiger partial charge in [-0.1, -0.05) is 0 Å². The Morgan fingerprint density at radius 1 is 0.0700 bits per heavy atom. The van der Waals surface area contributed by atoms with Crippen molar-refractivity contribution >= 4 is 68.2 Å². The van der Waals surface area contributed by atoms with Crippen molar-refractivity contribution in [2.24, 2.45) is 0 Å². The van der Waals surface area contributed by atoms with Gasteiger partial charge in [0.1, 0.15) is 0 Å². The van der Waals surface area contributed by atoms with Crippen molar-refractivity contribution in [2.75, 3.05) is 19.6 Å². The van der Waals surface area contributed by atoms with E-state index in [-0.39, 0.29) is 0 Å². The fraction of sp³-hybridized carbons (Fsp3) is 0.438. The van der Waals surface area contributed by atoms with Gasteiger partial charge in [0.25, 0.3) is 0 Å². The maximum atomic E-state index is 2.77. The van der Waals surface area contributed by atoms with Crippen LogP contribution in [0.4, 0.5) is 68.2 Å². The zero-order chi connectivity index (χ0) is 75.5. The van der Waals surface area contributed by atoms with E-state index in [4.69, 9.17) is 0 Å². The maximum absolute atomic E-state index is 2.77. The maximum Gasteiger partial charge on any atom is 0.0527 e. The van der Waals surface area contributed by atoms with E-state index < -0.39 is 0 Å². The van der Waals surface area contributed by atoms with Crippen LogP contribution >= 0.6 is 0 Å². The summed E-state index contributed by atoms with van der Waals surface area (Å²) in [6, 6.07) is 0. The molecule has 0 unspecified atom stereocenters. The minimum Gasteiger partial charge on any atom is -0.309 e. The van der Waals surface area contributed by atoms with Gasteiger partial charge in [0.05, 0.1) is 68.2 Å². The highest BCUT2D eigenvalue weighted by molar-refractivity contribution is 5.99. The fourth-order valence-electron chi connectivity index (χ4n) is 18.1. The summed E-state index contributed by atoms with van der Waals surface area (Å²) < 4.78 is 0. The quantitative estimate of drug-likeness (QED) is 0.121. The minimum absolute atomic E-state index is 1.26. The molecular formula is C96H126N4. The Morgan fingerprint density at radius 2 is 0.110 bits per heavy atom. The summed E-state index contributed by atoms with van der Waals surface area (Å²) in [5.41, 5.74) is 71.3. The molecule has 0 saturated heterocycles. The smallest absolute Gasteiger partial charge is 0.0527 e. The van der Waals surface area contributed by atoms with E-state index in [1.807, 2.05) is 0 Å². The average Bonchev–Trinajstić information content (AvgIpc) is 0.716. The van der Waals surface area contributed by atoms with Crippen LogP contribution in [0.2, 0.25) is 0 Å². The number of anilines is 12. The highest BCUT2D eigenvalue weighted by Gasteiger charge is 2.38. The van der Waals surface area contributed by atoms with E-state index >= 15 is 0 Å². The predicted molar refractivity (Wildman–Crippen MR) is 444 cm³/mol. The molecule has 530 valence electrons. The summed E-state index contributed by atoms with van der Waals surface area (Å²) in [6.07, 6.45) is 0. The number of hydrogen-bond donors (Lipinski definition) is 0. The summed E-state index contributed by atoms with van der Waals surface area (Å²) >= 11 is 0. The average molecular weight is 1340 g/mol. The third-order valence-corrected chi connectivity index (χ3v) is 28.1. The van der Waals surface area contributed by atoms with Crippen molar-refractivity contribution in [1.29, 1.82) is 0 Å². The van der Waals surface area contributed by atoms with E-state index in [1.54, 1.807) is 0 Å². The third-order valence-electron chi connectivity index (χ3n) is 28.1. The van der Waals surface area contributed by atoms with Gasteiger partial charge in [0, 0.05) is 0 Å². The first-order chi connectivity index (χ1) is 46.2. The molecule has 0 amide bonds. The number of hydrogen-bond acceptors (Lipinski definition) is 4. The van der Waals surface area contributed by atoms with E-state index in [2.05, 4.69) is 310 Å². The zero-order valence-electron chi connectivity index (χ0n) is 70.8. The van der Waals surface area contributed by atoms with Gasteiger partial charge in [0.15, 0.2) is 0 Å². The van der Waals surface area contributed by atoms with Crippen molar-refractivity contribution in [3.8, 4) is 0 Å². The molecule has 9 aromatic carbocycles. The molecule has 0 saturated carbocycles. The first kappa shape index (κ1) is 76.4. The minimum atomic E-state index is 1.26. The monoisotopic (exact) mass is 1330 g/mol. The second-order valence-corrected chi connectivity index (χ2v) is 31.8. The Balaban J connectivity index is 1.46. The number of benzene rings is 9. The van der Waals surface area contributed by atoms with E-state index in [0.717, 1.165) is 0 Å². The van der Waals surface area contributed by atoms with E-state index in [9.17, 15) is 0 Å². The van der Waals surface area contributed by atoms with Gasteiger partial charge in [-0.3, -0.25) is 0 Å². The molecule has 0 spiro atoms. The Labute approximate surface area is 608 Å². The molecule has 0 N–H and O–H groups in total. The predicted octanol–water partition coefficient (Wildman–Crippen LogP) is 28.5. The Kier molecular flexibility index (Phi) is 20.5. The molecule has 100 heavy (non-hydrogen) atoms. The molecule has 4 heteroatoms. The number of nitrogens with zero attached hydrogens (tertiary/aromatic N) is 4. The molecule has 4 nitrogen and oxygen atoms in total. The first-order valence-electron chi connectivity index (χ1n) is 37.2. The lowest BCUT2D eigenvalue weighted by molar-refractivity contribution is 1.05. The van der Waals surface area contributed by atoms with Gasteiger partial charge in [-0.05, 0) is 524 Å². The molecule has 0 aliphatic carbocycles. The highest BCUT2D eigenvalue weighted by atomic mass is 15.2. The number of rotatable bonds is 12. The van der Waals surface area contributed by atoms with Crippen LogP contribution in [0, 0.1) is 291 Å². The lowest BCUT2D eigenvalue weighted by Crippen LogP contribution is -2.25. The Hall–Kier alpha value is -7.82. The van der Waals surface area contributed by atoms with Crippen LogP contribution in [-0.2, 0) is 0 Å². The molecular weight excluding hydrogens is 1210 g/mol. The van der Waals surface area contributed by atoms with Crippen LogP contribution in [0.15, 0.2) is 0 Å². The molecule has 9 rings (SSSR count). The molecule has 0 bridgehead atoms. The molecule has 0 fully saturated rings. The second-order valence-electron chi connectivity index (χ2n) is 31.8. The second kappa shape index (κ2) is 26.9. The fourth-order valence-corrected chi connectivity index (χ4v) is 18.1. The lowest BCUT2D eigenvalue weighted by Gasteiger charge is -2.42. The van der Waals surface area contributed by atoms with Crippen molar-refractivity contribution in [3.63, 3.8) is 0 Å². The molecule has 0 atom stereocenters. The first-order valence-corrected chi connectivity index (χ1v) is 37.2. The summed E-state index contributed by atoms with van der Waals surface area (Å²) in [5.74, 6) is 0. The van der Waals surface area contributed by atoms with Crippen molar-refractivity contribution in [1.82, 2.24) is 0 Å². The standard InChI is InChI=1S/C96H126N4/c1-43-49(7)61(19)85(62(20)50(43)8)97(86-63(21)51(9)44(2)52(10)64(86)22)91-73(31)77(35)93(78(36)74(91)32)99(89-69(27)57(15)47(5)58(16)70(89)28)95-81(39)83(41)96(84(42)82(95)40)100(90-71(29)59(17)48(6)60(18)72(90)30)94-79(37)75(33)92(76(34)80(94)38)98(87-65(23)53(11)45(3)54(12)66(87)24)88-67(25)55(13)46(4)56(14)68(88)26/h1-42H3. The topological polar surface area (TPSA) is 13.0 Å². The van der Waals surface area contributed by atoms with Gasteiger partial charge in [-0.25, -0.2) is 0 Å². The lowest BCUT2D eigenvalue weighted by atomic mass is 9.85. The molecule has 0 aromatic heterocycles. The summed E-state index contributed by atoms with van der Waals surface area (Å²) in [5, 5.41) is 0. The van der Waals surface area contributed by atoms with E-state index in [0.29, 0.717) is 0 Å². The van der Waals surface area contributed by atoms with Crippen LogP contribution in [0.25, 0.3) is 0 Å². The van der Waals surface area contributed by atoms with Crippen LogP contribution in [0.3, 0.4) is 0 Å². The zero-order valence-corrected chi connectivity index (χ0v) is 70.8. The van der Waals surface area contributed by atoms with Crippen molar-refractivity contribution < 1.29 is 0 Å². The molecule has 9 aromatic rings. The normalized spacial score (nSPS) is 11.7. The SMILES string of the molecule is Cc1c(C)c(C)c(N(c2c(C)c(C)c(C)c(C)c2C)c2c(C)c(C)c(N(c3c(C)c(C)c(C)c(C)c3C)c3c(C)c(C)c(N(c4c(C)c(C)c(C)c(C)c4C)c4c(C)c(C)c(N(c5c(C)c(C)c(C)c(C)c5C)c5c(C)c(C)c(C)c(C)c5C)c(C)c4C)c(C)c3C)c(C)c2C)c(C)c1C. The molecule has 0 aliphatic heterocycles. The van der Waals surface area contributed by atoms with Gasteiger partial charge in [-0.15, -0.1) is 0 Å². The molecule has 0 heterocycles. The highest BCUT2D eigenvalue weighted by Crippen LogP contribution is 2.59. The van der Waals surface area contributed by atoms with E-state index in [1.165, 1.54) is 302 Å². The molecule has 0 radical (unpaired) electrons. The van der Waals surface area contributed by atoms with Crippen LogP contribution in [0.5, 0.6) is 0 Å². The van der Waals surface area contributed by atoms with Gasteiger partial charge >= 0.3 is 0 Å². The molecule has 0 aliphatic rings.